The van der Waals surface area contributed by atoms with Crippen molar-refractivity contribution in [1.82, 2.24) is 0 Å². The number of alkyl halides is 3. The number of ether oxygens (including phenoxy) is 1. The molecular formula is C11H11F3O5S. The summed E-state index contributed by atoms with van der Waals surface area (Å²) in [5.41, 5.74) is -3.36. The van der Waals surface area contributed by atoms with Crippen LogP contribution in [0.5, 0.6) is 0 Å². The molecule has 1 aliphatic carbocycles. The van der Waals surface area contributed by atoms with Crippen LogP contribution < -0.4 is 0 Å². The molecule has 0 saturated heterocycles. The quantitative estimate of drug-likeness (QED) is 0.802. The standard InChI is InChI=1S/C11H11F3O5S/c1-10(2,11(12,13)14)19-8-6(9(15)16)4-3-5-7(8)20(17)18/h3-4H,5H2,1-2H3,(H,15,16). The molecule has 1 rings (SSSR count). The van der Waals surface area contributed by atoms with Crippen molar-refractivity contribution in [2.75, 3.05) is 0 Å². The lowest BCUT2D eigenvalue weighted by Gasteiger charge is -2.31. The van der Waals surface area contributed by atoms with Crippen LogP contribution >= 0.6 is 0 Å². The summed E-state index contributed by atoms with van der Waals surface area (Å²) in [5, 5.41) is 8.92. The SMILES string of the molecule is CC(C)(OC1=C(C(=O)O)C=CCC1=S(=O)=O)C(F)(F)F. The predicted octanol–water partition coefficient (Wildman–Crippen LogP) is 1.69. The Kier molecular flexibility index (Phi) is 4.33. The third-order valence-corrected chi connectivity index (χ3v) is 3.31. The molecule has 0 spiro atoms. The highest BCUT2D eigenvalue weighted by atomic mass is 32.2. The first-order valence-electron chi connectivity index (χ1n) is 5.32. The maximum absolute atomic E-state index is 12.8. The summed E-state index contributed by atoms with van der Waals surface area (Å²) >= 11 is 0. The number of rotatable bonds is 3. The van der Waals surface area contributed by atoms with E-state index in [-0.39, 0.29) is 6.42 Å². The van der Waals surface area contributed by atoms with E-state index in [0.29, 0.717) is 13.8 Å². The first-order chi connectivity index (χ1) is 8.97. The van der Waals surface area contributed by atoms with Gasteiger partial charge in [-0.25, -0.2) is 4.79 Å². The van der Waals surface area contributed by atoms with Crippen LogP contribution in [0.25, 0.3) is 0 Å². The van der Waals surface area contributed by atoms with Gasteiger partial charge in [-0.15, -0.1) is 0 Å². The molecule has 0 aliphatic heterocycles. The van der Waals surface area contributed by atoms with Crippen LogP contribution in [0.4, 0.5) is 13.2 Å². The summed E-state index contributed by atoms with van der Waals surface area (Å²) in [5.74, 6) is -2.35. The number of halogens is 3. The largest absolute Gasteiger partial charge is 0.478 e. The van der Waals surface area contributed by atoms with Gasteiger partial charge in [-0.2, -0.15) is 21.6 Å². The van der Waals surface area contributed by atoms with Crippen molar-refractivity contribution in [2.24, 2.45) is 0 Å². The van der Waals surface area contributed by atoms with E-state index < -0.39 is 44.2 Å². The molecule has 0 bridgehead atoms. The minimum absolute atomic E-state index is 0.226. The van der Waals surface area contributed by atoms with Crippen molar-refractivity contribution >= 4 is 21.1 Å². The number of allylic oxidation sites excluding steroid dienone is 2. The molecule has 0 atom stereocenters. The molecule has 0 heterocycles. The van der Waals surface area contributed by atoms with E-state index in [4.69, 9.17) is 5.11 Å². The summed E-state index contributed by atoms with van der Waals surface area (Å²) in [6, 6.07) is 0. The average molecular weight is 312 g/mol. The molecule has 0 saturated carbocycles. The number of aliphatic carboxylic acids is 1. The highest BCUT2D eigenvalue weighted by Gasteiger charge is 2.51. The second-order valence-electron chi connectivity index (χ2n) is 4.42. The number of hydrogen-bond acceptors (Lipinski definition) is 4. The molecular weight excluding hydrogens is 301 g/mol. The Balaban J connectivity index is 3.44. The lowest BCUT2D eigenvalue weighted by atomic mass is 10.0. The maximum Gasteiger partial charge on any atom is 0.427 e. The average Bonchev–Trinajstić information content (AvgIpc) is 2.26. The Hall–Kier alpha value is -1.77. The number of carboxylic acid groups (broad SMARTS) is 1. The first kappa shape index (κ1) is 16.3. The van der Waals surface area contributed by atoms with Gasteiger partial charge in [0.05, 0.1) is 0 Å². The van der Waals surface area contributed by atoms with Gasteiger partial charge in [-0.1, -0.05) is 6.08 Å². The highest BCUT2D eigenvalue weighted by Crippen LogP contribution is 2.36. The van der Waals surface area contributed by atoms with Gasteiger partial charge in [0.15, 0.2) is 11.4 Å². The van der Waals surface area contributed by atoms with E-state index >= 15 is 0 Å². The van der Waals surface area contributed by atoms with Crippen molar-refractivity contribution in [3.63, 3.8) is 0 Å². The van der Waals surface area contributed by atoms with E-state index in [9.17, 15) is 26.4 Å². The van der Waals surface area contributed by atoms with Crippen LogP contribution in [0.3, 0.4) is 0 Å². The fraction of sp³-hybridized carbons (Fsp3) is 0.455. The zero-order chi connectivity index (χ0) is 15.7. The van der Waals surface area contributed by atoms with Gasteiger partial charge in [0.1, 0.15) is 10.4 Å². The zero-order valence-electron chi connectivity index (χ0n) is 10.5. The van der Waals surface area contributed by atoms with E-state index in [2.05, 4.69) is 4.74 Å². The highest BCUT2D eigenvalue weighted by molar-refractivity contribution is 7.73. The number of carbonyl (C=O) groups is 1. The second kappa shape index (κ2) is 5.31. The summed E-state index contributed by atoms with van der Waals surface area (Å²) < 4.78 is 65.0. The van der Waals surface area contributed by atoms with Crippen LogP contribution in [0.15, 0.2) is 23.5 Å². The third kappa shape index (κ3) is 3.21. The third-order valence-electron chi connectivity index (χ3n) is 2.56. The molecule has 20 heavy (non-hydrogen) atoms. The minimum atomic E-state index is -4.79. The van der Waals surface area contributed by atoms with Crippen LogP contribution in [-0.4, -0.2) is 36.1 Å². The Morgan fingerprint density at radius 3 is 2.30 bits per heavy atom. The number of carboxylic acids is 1. The van der Waals surface area contributed by atoms with Gasteiger partial charge in [0.25, 0.3) is 0 Å². The molecule has 0 aromatic rings. The van der Waals surface area contributed by atoms with Crippen LogP contribution in [-0.2, 0) is 19.8 Å². The summed E-state index contributed by atoms with van der Waals surface area (Å²) in [7, 11) is -2.88. The van der Waals surface area contributed by atoms with Gasteiger partial charge in [-0.3, -0.25) is 0 Å². The minimum Gasteiger partial charge on any atom is -0.478 e. The first-order valence-corrected chi connectivity index (χ1v) is 6.40. The van der Waals surface area contributed by atoms with Gasteiger partial charge < -0.3 is 9.84 Å². The predicted molar refractivity (Wildman–Crippen MR) is 63.6 cm³/mol. The lowest BCUT2D eigenvalue weighted by Crippen LogP contribution is -2.43. The lowest BCUT2D eigenvalue weighted by molar-refractivity contribution is -0.249. The summed E-state index contributed by atoms with van der Waals surface area (Å²) in [6.45, 7) is 1.37. The molecule has 0 unspecified atom stereocenters. The number of hydrogen-bond donors (Lipinski definition) is 1. The van der Waals surface area contributed by atoms with E-state index in [1.807, 2.05) is 0 Å². The van der Waals surface area contributed by atoms with Gasteiger partial charge in [0, 0.05) is 6.42 Å². The zero-order valence-corrected chi connectivity index (χ0v) is 11.3. The van der Waals surface area contributed by atoms with Crippen molar-refractivity contribution in [3.05, 3.63) is 23.5 Å². The molecule has 112 valence electrons. The molecule has 9 heteroatoms. The fourth-order valence-corrected chi connectivity index (χ4v) is 1.87. The van der Waals surface area contributed by atoms with Gasteiger partial charge >= 0.3 is 12.1 Å². The Labute approximate surface area is 113 Å². The van der Waals surface area contributed by atoms with Crippen molar-refractivity contribution < 1.29 is 36.2 Å². The van der Waals surface area contributed by atoms with Crippen molar-refractivity contribution in [3.8, 4) is 0 Å². The topological polar surface area (TPSA) is 80.7 Å². The molecule has 0 fully saturated rings. The smallest absolute Gasteiger partial charge is 0.427 e. The van der Waals surface area contributed by atoms with Crippen LogP contribution in [0.2, 0.25) is 0 Å². The Morgan fingerprint density at radius 1 is 1.35 bits per heavy atom. The molecule has 1 aliphatic rings. The molecule has 0 aromatic carbocycles. The van der Waals surface area contributed by atoms with Gasteiger partial charge in [-0.05, 0) is 19.9 Å². The van der Waals surface area contributed by atoms with E-state index in [1.54, 1.807) is 0 Å². The van der Waals surface area contributed by atoms with Crippen molar-refractivity contribution in [2.45, 2.75) is 32.0 Å². The van der Waals surface area contributed by atoms with Crippen LogP contribution in [0, 0.1) is 0 Å². The molecule has 0 aromatic heterocycles. The fourth-order valence-electron chi connectivity index (χ4n) is 1.34. The normalized spacial score (nSPS) is 16.4. The Bertz CT molecular complexity index is 615. The second-order valence-corrected chi connectivity index (χ2v) is 5.38. The Morgan fingerprint density at radius 2 is 1.90 bits per heavy atom. The molecule has 0 amide bonds. The summed E-state index contributed by atoms with van der Waals surface area (Å²) in [4.78, 5) is 10.5. The van der Waals surface area contributed by atoms with Crippen LogP contribution in [0.1, 0.15) is 20.3 Å². The summed E-state index contributed by atoms with van der Waals surface area (Å²) in [6.07, 6.45) is -2.78. The van der Waals surface area contributed by atoms with E-state index in [0.717, 1.165) is 6.08 Å². The monoisotopic (exact) mass is 312 g/mol. The van der Waals surface area contributed by atoms with Crippen molar-refractivity contribution in [1.29, 1.82) is 0 Å². The van der Waals surface area contributed by atoms with Gasteiger partial charge in [0.2, 0.25) is 10.3 Å². The molecule has 0 radical (unpaired) electrons. The molecule has 1 N–H and O–H groups in total. The molecule has 5 nitrogen and oxygen atoms in total. The van der Waals surface area contributed by atoms with E-state index in [1.165, 1.54) is 6.08 Å². The maximum atomic E-state index is 12.8.